The topological polar surface area (TPSA) is 67.6 Å². The molecule has 2 aromatic carbocycles. The van der Waals surface area contributed by atoms with Crippen LogP contribution in [0.25, 0.3) is 11.1 Å². The summed E-state index contributed by atoms with van der Waals surface area (Å²) >= 11 is 0. The van der Waals surface area contributed by atoms with Gasteiger partial charge in [-0.25, -0.2) is 0 Å². The van der Waals surface area contributed by atoms with E-state index in [1.807, 2.05) is 36.4 Å². The highest BCUT2D eigenvalue weighted by Crippen LogP contribution is 2.23. The first-order chi connectivity index (χ1) is 12.6. The normalized spacial score (nSPS) is 10.9. The first-order valence-corrected chi connectivity index (χ1v) is 9.05. The molecule has 0 heterocycles. The molecule has 0 aliphatic carbocycles. The van der Waals surface area contributed by atoms with E-state index >= 15 is 0 Å². The summed E-state index contributed by atoms with van der Waals surface area (Å²) in [7, 11) is 4.20. The van der Waals surface area contributed by atoms with E-state index in [9.17, 15) is 4.79 Å². The molecule has 5 heteroatoms. The number of unbranched alkanes of at least 4 members (excludes halogenated alkanes) is 1. The quantitative estimate of drug-likeness (QED) is 0.608. The van der Waals surface area contributed by atoms with Gasteiger partial charge in [0.15, 0.2) is 0 Å². The van der Waals surface area contributed by atoms with Gasteiger partial charge >= 0.3 is 0 Å². The third kappa shape index (κ3) is 6.86. The summed E-state index contributed by atoms with van der Waals surface area (Å²) in [6, 6.07) is 15.2. The maximum atomic E-state index is 11.3. The minimum atomic E-state index is -0.416. The molecule has 0 aliphatic heterocycles. The number of hydrogen-bond donors (Lipinski definition) is 2. The van der Waals surface area contributed by atoms with Crippen LogP contribution < -0.4 is 15.8 Å². The first-order valence-electron chi connectivity index (χ1n) is 9.05. The third-order valence-electron chi connectivity index (χ3n) is 4.09. The van der Waals surface area contributed by atoms with Gasteiger partial charge in [0.25, 0.3) is 0 Å². The van der Waals surface area contributed by atoms with E-state index < -0.39 is 5.91 Å². The predicted octanol–water partition coefficient (Wildman–Crippen LogP) is 2.76. The number of primary amides is 1. The van der Waals surface area contributed by atoms with Crippen molar-refractivity contribution < 1.29 is 9.53 Å². The lowest BCUT2D eigenvalue weighted by molar-refractivity contribution is 0.100. The van der Waals surface area contributed by atoms with Gasteiger partial charge in [0.1, 0.15) is 12.4 Å². The molecule has 0 aromatic heterocycles. The number of ether oxygens (including phenoxy) is 1. The van der Waals surface area contributed by atoms with Crippen molar-refractivity contribution in [1.82, 2.24) is 10.2 Å². The van der Waals surface area contributed by atoms with Gasteiger partial charge in [-0.2, -0.15) is 0 Å². The minimum absolute atomic E-state index is 0.416. The highest BCUT2D eigenvalue weighted by molar-refractivity contribution is 5.94. The van der Waals surface area contributed by atoms with Crippen LogP contribution in [0.1, 0.15) is 23.2 Å². The van der Waals surface area contributed by atoms with Crippen LogP contribution in [-0.4, -0.2) is 51.1 Å². The fourth-order valence-corrected chi connectivity index (χ4v) is 2.64. The standard InChI is InChI=1S/C21H29N3O2/c1-24(2)14-4-3-12-23-13-15-26-20-10-8-17(9-11-20)18-6-5-7-19(16-18)21(22)25/h5-11,16,23H,3-4,12-15H2,1-2H3,(H2,22,25). The Morgan fingerprint density at radius 3 is 2.50 bits per heavy atom. The lowest BCUT2D eigenvalue weighted by Crippen LogP contribution is -2.23. The molecular formula is C21H29N3O2. The van der Waals surface area contributed by atoms with E-state index in [0.29, 0.717) is 12.2 Å². The maximum Gasteiger partial charge on any atom is 0.248 e. The molecule has 0 saturated carbocycles. The molecule has 0 fully saturated rings. The lowest BCUT2D eigenvalue weighted by Gasteiger charge is -2.10. The van der Waals surface area contributed by atoms with Crippen LogP contribution in [0.2, 0.25) is 0 Å². The average Bonchev–Trinajstić information content (AvgIpc) is 2.64. The van der Waals surface area contributed by atoms with Crippen molar-refractivity contribution in [3.63, 3.8) is 0 Å². The molecule has 3 N–H and O–H groups in total. The first kappa shape index (κ1) is 19.9. The van der Waals surface area contributed by atoms with Crippen molar-refractivity contribution >= 4 is 5.91 Å². The zero-order valence-electron chi connectivity index (χ0n) is 15.7. The largest absolute Gasteiger partial charge is 0.492 e. The molecule has 0 aliphatic rings. The molecule has 0 unspecified atom stereocenters. The zero-order valence-corrected chi connectivity index (χ0v) is 15.7. The van der Waals surface area contributed by atoms with Gasteiger partial charge in [0, 0.05) is 12.1 Å². The Hall–Kier alpha value is -2.37. The van der Waals surface area contributed by atoms with Crippen molar-refractivity contribution in [3.05, 3.63) is 54.1 Å². The van der Waals surface area contributed by atoms with Crippen molar-refractivity contribution in [2.24, 2.45) is 5.73 Å². The summed E-state index contributed by atoms with van der Waals surface area (Å²) in [6.07, 6.45) is 2.39. The highest BCUT2D eigenvalue weighted by atomic mass is 16.5. The molecule has 0 atom stereocenters. The summed E-state index contributed by atoms with van der Waals surface area (Å²) in [4.78, 5) is 13.5. The third-order valence-corrected chi connectivity index (χ3v) is 4.09. The summed E-state index contributed by atoms with van der Waals surface area (Å²) in [5.74, 6) is 0.426. The molecule has 140 valence electrons. The highest BCUT2D eigenvalue weighted by Gasteiger charge is 2.03. The van der Waals surface area contributed by atoms with E-state index in [2.05, 4.69) is 24.3 Å². The van der Waals surface area contributed by atoms with Crippen LogP contribution >= 0.6 is 0 Å². The maximum absolute atomic E-state index is 11.3. The van der Waals surface area contributed by atoms with Gasteiger partial charge in [0.2, 0.25) is 5.91 Å². The Bertz CT molecular complexity index is 684. The van der Waals surface area contributed by atoms with Crippen LogP contribution in [0, 0.1) is 0 Å². The molecule has 0 radical (unpaired) electrons. The number of carbonyl (C=O) groups is 1. The number of rotatable bonds is 11. The van der Waals surface area contributed by atoms with Crippen molar-refractivity contribution in [1.29, 1.82) is 0 Å². The van der Waals surface area contributed by atoms with Crippen molar-refractivity contribution in [2.45, 2.75) is 12.8 Å². The summed E-state index contributed by atoms with van der Waals surface area (Å²) in [6.45, 7) is 3.63. The van der Waals surface area contributed by atoms with E-state index in [1.54, 1.807) is 12.1 Å². The molecule has 0 saturated heterocycles. The van der Waals surface area contributed by atoms with Gasteiger partial charge in [-0.1, -0.05) is 24.3 Å². The molecular weight excluding hydrogens is 326 g/mol. The van der Waals surface area contributed by atoms with Gasteiger partial charge in [0.05, 0.1) is 0 Å². The van der Waals surface area contributed by atoms with E-state index in [1.165, 1.54) is 12.8 Å². The monoisotopic (exact) mass is 355 g/mol. The molecule has 5 nitrogen and oxygen atoms in total. The average molecular weight is 355 g/mol. The second kappa shape index (κ2) is 10.6. The van der Waals surface area contributed by atoms with Gasteiger partial charge < -0.3 is 20.7 Å². The molecule has 1 amide bonds. The zero-order chi connectivity index (χ0) is 18.8. The molecule has 0 bridgehead atoms. The summed E-state index contributed by atoms with van der Waals surface area (Å²) < 4.78 is 5.76. The SMILES string of the molecule is CN(C)CCCCNCCOc1ccc(-c2cccc(C(N)=O)c2)cc1. The Morgan fingerprint density at radius 1 is 1.04 bits per heavy atom. The number of nitrogens with one attached hydrogen (secondary N) is 1. The Labute approximate surface area is 156 Å². The number of amides is 1. The second-order valence-electron chi connectivity index (χ2n) is 6.58. The smallest absolute Gasteiger partial charge is 0.248 e. The number of hydrogen-bond acceptors (Lipinski definition) is 4. The van der Waals surface area contributed by atoms with Crippen LogP contribution in [0.5, 0.6) is 5.75 Å². The van der Waals surface area contributed by atoms with Crippen molar-refractivity contribution in [3.8, 4) is 16.9 Å². The number of nitrogens with zero attached hydrogens (tertiary/aromatic N) is 1. The second-order valence-corrected chi connectivity index (χ2v) is 6.58. The fraction of sp³-hybridized carbons (Fsp3) is 0.381. The number of benzene rings is 2. The fourth-order valence-electron chi connectivity index (χ4n) is 2.64. The van der Waals surface area contributed by atoms with Crippen LogP contribution in [-0.2, 0) is 0 Å². The van der Waals surface area contributed by atoms with Crippen LogP contribution in [0.4, 0.5) is 0 Å². The Balaban J connectivity index is 1.72. The number of carbonyl (C=O) groups excluding carboxylic acids is 1. The molecule has 2 rings (SSSR count). The van der Waals surface area contributed by atoms with E-state index in [0.717, 1.165) is 36.5 Å². The van der Waals surface area contributed by atoms with Gasteiger partial charge in [-0.3, -0.25) is 4.79 Å². The predicted molar refractivity (Wildman–Crippen MR) is 107 cm³/mol. The number of nitrogens with two attached hydrogens (primary N) is 1. The molecule has 0 spiro atoms. The minimum Gasteiger partial charge on any atom is -0.492 e. The van der Waals surface area contributed by atoms with Gasteiger partial charge in [-0.05, 0) is 75.4 Å². The van der Waals surface area contributed by atoms with Crippen LogP contribution in [0.15, 0.2) is 48.5 Å². The van der Waals surface area contributed by atoms with E-state index in [4.69, 9.17) is 10.5 Å². The Kier molecular flexibility index (Phi) is 8.12. The van der Waals surface area contributed by atoms with E-state index in [-0.39, 0.29) is 0 Å². The Morgan fingerprint density at radius 2 is 1.81 bits per heavy atom. The molecule has 26 heavy (non-hydrogen) atoms. The summed E-state index contributed by atoms with van der Waals surface area (Å²) in [5.41, 5.74) is 7.84. The van der Waals surface area contributed by atoms with Gasteiger partial charge in [-0.15, -0.1) is 0 Å². The van der Waals surface area contributed by atoms with Crippen LogP contribution in [0.3, 0.4) is 0 Å². The summed E-state index contributed by atoms with van der Waals surface area (Å²) in [5, 5.41) is 3.40. The van der Waals surface area contributed by atoms with Crippen molar-refractivity contribution in [2.75, 3.05) is 40.3 Å². The lowest BCUT2D eigenvalue weighted by atomic mass is 10.0. The molecule has 2 aromatic rings.